The summed E-state index contributed by atoms with van der Waals surface area (Å²) in [7, 11) is 0. The molecular formula is C15H13ClN4. The van der Waals surface area contributed by atoms with Crippen molar-refractivity contribution in [2.24, 2.45) is 5.73 Å². The number of nitrogens with zero attached hydrogens (tertiary/aromatic N) is 3. The van der Waals surface area contributed by atoms with Gasteiger partial charge < -0.3 is 5.73 Å². The van der Waals surface area contributed by atoms with Crippen LogP contribution in [0.1, 0.15) is 17.3 Å². The van der Waals surface area contributed by atoms with Gasteiger partial charge in [-0.25, -0.2) is 0 Å². The molecule has 0 fully saturated rings. The highest BCUT2D eigenvalue weighted by molar-refractivity contribution is 6.31. The van der Waals surface area contributed by atoms with Gasteiger partial charge in [0.2, 0.25) is 0 Å². The van der Waals surface area contributed by atoms with Crippen molar-refractivity contribution in [3.8, 4) is 5.69 Å². The fraction of sp³-hybridized carbons (Fsp3) is 0.0667. The Bertz CT molecular complexity index is 709. The van der Waals surface area contributed by atoms with Gasteiger partial charge in [-0.2, -0.15) is 15.0 Å². The van der Waals surface area contributed by atoms with Crippen LogP contribution in [-0.4, -0.2) is 15.0 Å². The Morgan fingerprint density at radius 2 is 1.70 bits per heavy atom. The van der Waals surface area contributed by atoms with Crippen LogP contribution in [0.2, 0.25) is 5.02 Å². The van der Waals surface area contributed by atoms with Crippen LogP contribution in [0, 0.1) is 0 Å². The van der Waals surface area contributed by atoms with Gasteiger partial charge in [-0.15, -0.1) is 0 Å². The van der Waals surface area contributed by atoms with Crippen molar-refractivity contribution in [3.05, 3.63) is 77.1 Å². The zero-order chi connectivity index (χ0) is 13.9. The first-order valence-corrected chi connectivity index (χ1v) is 6.61. The third-order valence-corrected chi connectivity index (χ3v) is 3.40. The van der Waals surface area contributed by atoms with E-state index in [-0.39, 0.29) is 6.04 Å². The molecule has 20 heavy (non-hydrogen) atoms. The summed E-state index contributed by atoms with van der Waals surface area (Å²) in [5, 5.41) is 9.30. The Balaban J connectivity index is 1.93. The largest absolute Gasteiger partial charge is 0.319 e. The monoisotopic (exact) mass is 284 g/mol. The van der Waals surface area contributed by atoms with Crippen molar-refractivity contribution in [3.63, 3.8) is 0 Å². The van der Waals surface area contributed by atoms with Crippen molar-refractivity contribution in [2.45, 2.75) is 6.04 Å². The molecule has 2 aromatic carbocycles. The molecule has 1 heterocycles. The number of halogens is 1. The molecule has 4 nitrogen and oxygen atoms in total. The maximum atomic E-state index is 6.21. The number of benzene rings is 2. The number of para-hydroxylation sites is 1. The molecular weight excluding hydrogens is 272 g/mol. The van der Waals surface area contributed by atoms with Crippen molar-refractivity contribution in [2.75, 3.05) is 0 Å². The lowest BCUT2D eigenvalue weighted by atomic mass is 10.1. The van der Waals surface area contributed by atoms with Gasteiger partial charge in [0.15, 0.2) is 0 Å². The molecule has 1 unspecified atom stereocenters. The van der Waals surface area contributed by atoms with Gasteiger partial charge in [-0.1, -0.05) is 48.0 Å². The van der Waals surface area contributed by atoms with Crippen molar-refractivity contribution >= 4 is 11.6 Å². The summed E-state index contributed by atoms with van der Waals surface area (Å²) in [6.45, 7) is 0. The van der Waals surface area contributed by atoms with E-state index in [1.54, 1.807) is 11.0 Å². The van der Waals surface area contributed by atoms with Crippen LogP contribution < -0.4 is 5.73 Å². The Morgan fingerprint density at radius 3 is 2.45 bits per heavy atom. The molecule has 0 aliphatic heterocycles. The summed E-state index contributed by atoms with van der Waals surface area (Å²) in [6.07, 6.45) is 1.67. The lowest BCUT2D eigenvalue weighted by Gasteiger charge is -2.10. The van der Waals surface area contributed by atoms with Gasteiger partial charge >= 0.3 is 0 Å². The maximum absolute atomic E-state index is 6.21. The number of aromatic nitrogens is 3. The Hall–Kier alpha value is -2.17. The number of rotatable bonds is 3. The summed E-state index contributed by atoms with van der Waals surface area (Å²) >= 11 is 6.16. The maximum Gasteiger partial charge on any atom is 0.104 e. The normalized spacial score (nSPS) is 12.3. The van der Waals surface area contributed by atoms with Gasteiger partial charge in [0.1, 0.15) is 5.69 Å². The molecule has 3 rings (SSSR count). The second-order valence-electron chi connectivity index (χ2n) is 4.39. The van der Waals surface area contributed by atoms with E-state index >= 15 is 0 Å². The topological polar surface area (TPSA) is 56.7 Å². The first kappa shape index (κ1) is 12.8. The van der Waals surface area contributed by atoms with Crippen LogP contribution in [0.25, 0.3) is 5.69 Å². The highest BCUT2D eigenvalue weighted by atomic mass is 35.5. The SMILES string of the molecule is NC(c1cnn(-c2ccccc2)n1)c1ccccc1Cl. The molecule has 0 bridgehead atoms. The zero-order valence-corrected chi connectivity index (χ0v) is 11.4. The minimum Gasteiger partial charge on any atom is -0.319 e. The molecule has 1 atom stereocenters. The van der Waals surface area contributed by atoms with Crippen LogP contribution in [0.15, 0.2) is 60.8 Å². The van der Waals surface area contributed by atoms with Crippen LogP contribution in [0.5, 0.6) is 0 Å². The lowest BCUT2D eigenvalue weighted by Crippen LogP contribution is -2.13. The van der Waals surface area contributed by atoms with Gasteiger partial charge in [-0.05, 0) is 23.8 Å². The molecule has 0 saturated heterocycles. The van der Waals surface area contributed by atoms with Crippen molar-refractivity contribution in [1.82, 2.24) is 15.0 Å². The fourth-order valence-electron chi connectivity index (χ4n) is 1.99. The van der Waals surface area contributed by atoms with Crippen molar-refractivity contribution in [1.29, 1.82) is 0 Å². The second-order valence-corrected chi connectivity index (χ2v) is 4.80. The molecule has 5 heteroatoms. The standard InChI is InChI=1S/C15H13ClN4/c16-13-9-5-4-8-12(13)15(17)14-10-18-20(19-14)11-6-2-1-3-7-11/h1-10,15H,17H2. The minimum atomic E-state index is -0.388. The van der Waals surface area contributed by atoms with E-state index < -0.39 is 0 Å². The summed E-state index contributed by atoms with van der Waals surface area (Å²) in [5.41, 5.74) is 8.63. The second kappa shape index (κ2) is 5.45. The molecule has 0 spiro atoms. The molecule has 0 amide bonds. The zero-order valence-electron chi connectivity index (χ0n) is 10.6. The Kier molecular flexibility index (Phi) is 3.50. The quantitative estimate of drug-likeness (QED) is 0.804. The molecule has 0 aliphatic carbocycles. The van der Waals surface area contributed by atoms with Crippen LogP contribution in [-0.2, 0) is 0 Å². The number of nitrogens with two attached hydrogens (primary N) is 1. The average Bonchev–Trinajstić information content (AvgIpc) is 2.98. The Morgan fingerprint density at radius 1 is 1.00 bits per heavy atom. The number of hydrogen-bond acceptors (Lipinski definition) is 3. The summed E-state index contributed by atoms with van der Waals surface area (Å²) < 4.78 is 0. The lowest BCUT2D eigenvalue weighted by molar-refractivity contribution is 0.720. The highest BCUT2D eigenvalue weighted by Crippen LogP contribution is 2.24. The van der Waals surface area contributed by atoms with Crippen LogP contribution in [0.3, 0.4) is 0 Å². The van der Waals surface area contributed by atoms with Gasteiger partial charge in [0.25, 0.3) is 0 Å². The average molecular weight is 285 g/mol. The van der Waals surface area contributed by atoms with Gasteiger partial charge in [0, 0.05) is 5.02 Å². The van der Waals surface area contributed by atoms with E-state index in [0.717, 1.165) is 11.3 Å². The third-order valence-electron chi connectivity index (χ3n) is 3.06. The Labute approximate surface area is 121 Å². The molecule has 3 aromatic rings. The summed E-state index contributed by atoms with van der Waals surface area (Å²) in [5.74, 6) is 0. The number of hydrogen-bond donors (Lipinski definition) is 1. The van der Waals surface area contributed by atoms with E-state index in [1.807, 2.05) is 54.6 Å². The predicted molar refractivity (Wildman–Crippen MR) is 78.8 cm³/mol. The first-order chi connectivity index (χ1) is 9.75. The van der Waals surface area contributed by atoms with E-state index in [9.17, 15) is 0 Å². The van der Waals surface area contributed by atoms with E-state index in [0.29, 0.717) is 10.7 Å². The van der Waals surface area contributed by atoms with E-state index in [1.165, 1.54) is 0 Å². The molecule has 2 N–H and O–H groups in total. The summed E-state index contributed by atoms with van der Waals surface area (Å²) in [6, 6.07) is 16.8. The van der Waals surface area contributed by atoms with Crippen molar-refractivity contribution < 1.29 is 0 Å². The van der Waals surface area contributed by atoms with Gasteiger partial charge in [0.05, 0.1) is 17.9 Å². The highest BCUT2D eigenvalue weighted by Gasteiger charge is 2.15. The van der Waals surface area contributed by atoms with Gasteiger partial charge in [-0.3, -0.25) is 0 Å². The predicted octanol–water partition coefficient (Wildman–Crippen LogP) is 2.97. The molecule has 0 radical (unpaired) electrons. The van der Waals surface area contributed by atoms with Crippen LogP contribution in [0.4, 0.5) is 0 Å². The molecule has 0 aliphatic rings. The van der Waals surface area contributed by atoms with E-state index in [2.05, 4.69) is 10.2 Å². The van der Waals surface area contributed by atoms with E-state index in [4.69, 9.17) is 17.3 Å². The smallest absolute Gasteiger partial charge is 0.104 e. The molecule has 1 aromatic heterocycles. The molecule has 0 saturated carbocycles. The summed E-state index contributed by atoms with van der Waals surface area (Å²) in [4.78, 5) is 1.56. The third kappa shape index (κ3) is 2.43. The molecule has 100 valence electrons. The fourth-order valence-corrected chi connectivity index (χ4v) is 2.24. The van der Waals surface area contributed by atoms with Crippen LogP contribution >= 0.6 is 11.6 Å². The minimum absolute atomic E-state index is 0.388. The first-order valence-electron chi connectivity index (χ1n) is 6.23.